The predicted molar refractivity (Wildman–Crippen MR) is 122 cm³/mol. The number of carbonyl (C=O) groups excluding carboxylic acids is 3. The Balaban J connectivity index is 1.63. The number of benzene rings is 2. The van der Waals surface area contributed by atoms with Gasteiger partial charge in [-0.05, 0) is 24.1 Å². The van der Waals surface area contributed by atoms with Gasteiger partial charge in [0, 0.05) is 18.8 Å². The molecule has 0 aliphatic rings. The number of nitrogens with one attached hydrogen (secondary N) is 2. The van der Waals surface area contributed by atoms with Gasteiger partial charge in [0.2, 0.25) is 11.7 Å². The third kappa shape index (κ3) is 7.62. The molecule has 1 aromatic heterocycles. The molecule has 0 aliphatic heterocycles. The first-order valence-electron chi connectivity index (χ1n) is 10.6. The summed E-state index contributed by atoms with van der Waals surface area (Å²) in [5.41, 5.74) is 1.74. The monoisotopic (exact) mass is 446 g/mol. The van der Waals surface area contributed by atoms with Crippen LogP contribution in [0.1, 0.15) is 23.9 Å². The highest BCUT2D eigenvalue weighted by Gasteiger charge is 2.29. The van der Waals surface area contributed by atoms with E-state index in [0.717, 1.165) is 11.1 Å². The summed E-state index contributed by atoms with van der Waals surface area (Å²) in [6.45, 7) is 1.87. The maximum atomic E-state index is 12.9. The highest BCUT2D eigenvalue weighted by molar-refractivity contribution is 6.38. The summed E-state index contributed by atoms with van der Waals surface area (Å²) in [5, 5.41) is 5.19. The zero-order chi connectivity index (χ0) is 23.5. The minimum absolute atomic E-state index is 0.00794. The Hall–Kier alpha value is -3.91. The largest absolute Gasteiger partial charge is 0.364 e. The lowest BCUT2D eigenvalue weighted by atomic mass is 10.0. The summed E-state index contributed by atoms with van der Waals surface area (Å²) in [5.74, 6) is -1.66. The third-order valence-corrected chi connectivity index (χ3v) is 4.88. The van der Waals surface area contributed by atoms with Crippen molar-refractivity contribution in [1.82, 2.24) is 20.6 Å². The van der Waals surface area contributed by atoms with E-state index >= 15 is 0 Å². The van der Waals surface area contributed by atoms with Crippen molar-refractivity contribution in [3.05, 3.63) is 96.1 Å². The summed E-state index contributed by atoms with van der Waals surface area (Å²) < 4.78 is 5.65. The average Bonchev–Trinajstić information content (AvgIpc) is 2.86. The first-order chi connectivity index (χ1) is 16.0. The Kier molecular flexibility index (Phi) is 8.79. The number of Topliss-reactive ketones (excluding diaryl/α,β-unsaturated/α-hetero) is 1. The Morgan fingerprint density at radius 3 is 2.12 bits per heavy atom. The maximum Gasteiger partial charge on any atom is 0.289 e. The Labute approximate surface area is 192 Å². The van der Waals surface area contributed by atoms with Gasteiger partial charge in [0.15, 0.2) is 0 Å². The van der Waals surface area contributed by atoms with E-state index in [9.17, 15) is 14.4 Å². The van der Waals surface area contributed by atoms with Crippen LogP contribution in [0.4, 0.5) is 0 Å². The third-order valence-electron chi connectivity index (χ3n) is 4.88. The summed E-state index contributed by atoms with van der Waals surface area (Å²) >= 11 is 0. The van der Waals surface area contributed by atoms with Crippen LogP contribution in [0.2, 0.25) is 0 Å². The molecule has 170 valence electrons. The second kappa shape index (κ2) is 12.2. The fourth-order valence-corrected chi connectivity index (χ4v) is 3.05. The van der Waals surface area contributed by atoms with Gasteiger partial charge in [0.05, 0.1) is 13.2 Å². The van der Waals surface area contributed by atoms with Gasteiger partial charge in [-0.2, -0.15) is 0 Å². The summed E-state index contributed by atoms with van der Waals surface area (Å²) in [6, 6.07) is 19.2. The van der Waals surface area contributed by atoms with Gasteiger partial charge < -0.3 is 15.4 Å². The van der Waals surface area contributed by atoms with Crippen LogP contribution in [0.3, 0.4) is 0 Å². The molecule has 33 heavy (non-hydrogen) atoms. The van der Waals surface area contributed by atoms with Gasteiger partial charge in [-0.15, -0.1) is 0 Å². The SMILES string of the molecule is C[C@@H](OCc1ccccc1)C(=O)N[C@H](Cc1ccccc1)C(=O)C(=O)NCc1ncccn1. The van der Waals surface area contributed by atoms with E-state index in [1.807, 2.05) is 60.7 Å². The molecule has 8 heteroatoms. The number of carbonyl (C=O) groups is 3. The lowest BCUT2D eigenvalue weighted by molar-refractivity contribution is -0.141. The van der Waals surface area contributed by atoms with Gasteiger partial charge in [-0.1, -0.05) is 60.7 Å². The van der Waals surface area contributed by atoms with E-state index in [-0.39, 0.29) is 19.6 Å². The van der Waals surface area contributed by atoms with E-state index in [4.69, 9.17) is 4.74 Å². The van der Waals surface area contributed by atoms with Crippen molar-refractivity contribution >= 4 is 17.6 Å². The van der Waals surface area contributed by atoms with E-state index in [1.165, 1.54) is 0 Å². The van der Waals surface area contributed by atoms with Crippen LogP contribution in [0.5, 0.6) is 0 Å². The number of hydrogen-bond donors (Lipinski definition) is 2. The van der Waals surface area contributed by atoms with Crippen LogP contribution in [-0.2, 0) is 38.7 Å². The van der Waals surface area contributed by atoms with Crippen LogP contribution in [0.25, 0.3) is 0 Å². The van der Waals surface area contributed by atoms with E-state index < -0.39 is 29.7 Å². The number of ketones is 1. The van der Waals surface area contributed by atoms with Crippen molar-refractivity contribution in [2.75, 3.05) is 0 Å². The number of amides is 2. The van der Waals surface area contributed by atoms with Crippen LogP contribution >= 0.6 is 0 Å². The standard InChI is InChI=1S/C25H26N4O4/c1-18(33-17-20-11-6-3-7-12-20)24(31)29-21(15-19-9-4-2-5-10-19)23(30)25(32)28-16-22-26-13-8-14-27-22/h2-14,18,21H,15-17H2,1H3,(H,28,32)(H,29,31)/t18-,21-/m1/s1. The van der Waals surface area contributed by atoms with Gasteiger partial charge in [-0.25, -0.2) is 9.97 Å². The van der Waals surface area contributed by atoms with Crippen molar-refractivity contribution < 1.29 is 19.1 Å². The molecule has 0 unspecified atom stereocenters. The molecule has 0 aliphatic carbocycles. The molecular formula is C25H26N4O4. The molecule has 0 spiro atoms. The highest BCUT2D eigenvalue weighted by atomic mass is 16.5. The molecular weight excluding hydrogens is 420 g/mol. The molecule has 2 atom stereocenters. The average molecular weight is 447 g/mol. The molecule has 1 heterocycles. The summed E-state index contributed by atoms with van der Waals surface area (Å²) in [7, 11) is 0. The van der Waals surface area contributed by atoms with E-state index in [0.29, 0.717) is 5.82 Å². The highest BCUT2D eigenvalue weighted by Crippen LogP contribution is 2.07. The quantitative estimate of drug-likeness (QED) is 0.436. The lowest BCUT2D eigenvalue weighted by Crippen LogP contribution is -2.51. The Bertz CT molecular complexity index is 1050. The normalized spacial score (nSPS) is 12.4. The van der Waals surface area contributed by atoms with Crippen LogP contribution < -0.4 is 10.6 Å². The summed E-state index contributed by atoms with van der Waals surface area (Å²) in [6.07, 6.45) is 2.46. The van der Waals surface area contributed by atoms with Crippen molar-refractivity contribution in [3.63, 3.8) is 0 Å². The van der Waals surface area contributed by atoms with E-state index in [2.05, 4.69) is 20.6 Å². The van der Waals surface area contributed by atoms with Crippen molar-refractivity contribution in [2.24, 2.45) is 0 Å². The van der Waals surface area contributed by atoms with Gasteiger partial charge in [0.1, 0.15) is 18.0 Å². The van der Waals surface area contributed by atoms with Crippen LogP contribution in [0.15, 0.2) is 79.1 Å². The smallest absolute Gasteiger partial charge is 0.289 e. The molecule has 0 saturated heterocycles. The minimum atomic E-state index is -1.04. The molecule has 3 aromatic rings. The number of hydrogen-bond acceptors (Lipinski definition) is 6. The molecule has 3 rings (SSSR count). The minimum Gasteiger partial charge on any atom is -0.364 e. The fourth-order valence-electron chi connectivity index (χ4n) is 3.05. The zero-order valence-corrected chi connectivity index (χ0v) is 18.3. The molecule has 0 fully saturated rings. The number of aromatic nitrogens is 2. The van der Waals surface area contributed by atoms with Crippen molar-refractivity contribution in [1.29, 1.82) is 0 Å². The van der Waals surface area contributed by atoms with Gasteiger partial charge in [-0.3, -0.25) is 14.4 Å². The van der Waals surface area contributed by atoms with Gasteiger partial charge in [0.25, 0.3) is 5.91 Å². The van der Waals surface area contributed by atoms with Crippen LogP contribution in [0, 0.1) is 0 Å². The Morgan fingerprint density at radius 1 is 0.879 bits per heavy atom. The maximum absolute atomic E-state index is 12.9. The van der Waals surface area contributed by atoms with Crippen molar-refractivity contribution in [2.45, 2.75) is 38.6 Å². The first kappa shape index (κ1) is 23.7. The number of nitrogens with zero attached hydrogens (tertiary/aromatic N) is 2. The molecule has 2 amide bonds. The Morgan fingerprint density at radius 2 is 1.48 bits per heavy atom. The molecule has 8 nitrogen and oxygen atoms in total. The molecule has 0 saturated carbocycles. The molecule has 2 N–H and O–H groups in total. The molecule has 2 aromatic carbocycles. The van der Waals surface area contributed by atoms with E-state index in [1.54, 1.807) is 25.4 Å². The predicted octanol–water partition coefficient (Wildman–Crippen LogP) is 1.99. The lowest BCUT2D eigenvalue weighted by Gasteiger charge is -2.20. The zero-order valence-electron chi connectivity index (χ0n) is 18.3. The first-order valence-corrected chi connectivity index (χ1v) is 10.6. The molecule has 0 bridgehead atoms. The number of rotatable bonds is 11. The summed E-state index contributed by atoms with van der Waals surface area (Å²) in [4.78, 5) is 46.2. The van der Waals surface area contributed by atoms with Crippen LogP contribution in [-0.4, -0.2) is 39.7 Å². The second-order valence-corrected chi connectivity index (χ2v) is 7.40. The van der Waals surface area contributed by atoms with Crippen molar-refractivity contribution in [3.8, 4) is 0 Å². The topological polar surface area (TPSA) is 110 Å². The second-order valence-electron chi connectivity index (χ2n) is 7.40. The number of ether oxygens (including phenoxy) is 1. The molecule has 0 radical (unpaired) electrons. The fraction of sp³-hybridized carbons (Fsp3) is 0.240. The van der Waals surface area contributed by atoms with Gasteiger partial charge >= 0.3 is 0 Å².